The van der Waals surface area contributed by atoms with Crippen LogP contribution in [0.15, 0.2) is 23.1 Å². The van der Waals surface area contributed by atoms with E-state index in [1.165, 1.54) is 0 Å². The molecule has 106 valence electrons. The van der Waals surface area contributed by atoms with Crippen molar-refractivity contribution in [2.75, 3.05) is 25.5 Å². The number of sulfonamides is 1. The molecule has 2 rings (SSSR count). The fraction of sp³-hybridized carbons (Fsp3) is 0.538. The molecule has 1 aliphatic rings. The van der Waals surface area contributed by atoms with Gasteiger partial charge in [0.15, 0.2) is 0 Å². The minimum Gasteiger partial charge on any atom is -0.385 e. The Hall–Kier alpha value is -1.11. The van der Waals surface area contributed by atoms with Crippen molar-refractivity contribution in [2.45, 2.75) is 30.8 Å². The zero-order chi connectivity index (χ0) is 13.9. The molecule has 1 aromatic rings. The summed E-state index contributed by atoms with van der Waals surface area (Å²) in [5, 5.41) is 3.27. The van der Waals surface area contributed by atoms with Gasteiger partial charge in [0, 0.05) is 25.9 Å². The first-order valence-electron chi connectivity index (χ1n) is 6.42. The van der Waals surface area contributed by atoms with Gasteiger partial charge in [-0.25, -0.2) is 13.1 Å². The maximum Gasteiger partial charge on any atom is 0.240 e. The van der Waals surface area contributed by atoms with Crippen molar-refractivity contribution in [1.29, 1.82) is 0 Å². The second-order valence-electron chi connectivity index (χ2n) is 4.75. The van der Waals surface area contributed by atoms with E-state index in [4.69, 9.17) is 4.74 Å². The van der Waals surface area contributed by atoms with E-state index in [2.05, 4.69) is 10.0 Å². The molecule has 1 unspecified atom stereocenters. The summed E-state index contributed by atoms with van der Waals surface area (Å²) in [7, 11) is -1.90. The SMILES string of the molecule is COC(C)CNS(=O)(=O)c1ccc2c(c1)CCCN2. The third-order valence-electron chi connectivity index (χ3n) is 3.29. The molecule has 2 N–H and O–H groups in total. The number of nitrogens with one attached hydrogen (secondary N) is 2. The summed E-state index contributed by atoms with van der Waals surface area (Å²) >= 11 is 0. The van der Waals surface area contributed by atoms with Gasteiger partial charge in [0.25, 0.3) is 0 Å². The lowest BCUT2D eigenvalue weighted by atomic mass is 10.0. The molecule has 1 heterocycles. The highest BCUT2D eigenvalue weighted by Gasteiger charge is 2.18. The van der Waals surface area contributed by atoms with E-state index in [9.17, 15) is 8.42 Å². The molecular formula is C13H20N2O3S. The summed E-state index contributed by atoms with van der Waals surface area (Å²) in [6.07, 6.45) is 1.80. The van der Waals surface area contributed by atoms with E-state index >= 15 is 0 Å². The van der Waals surface area contributed by atoms with Crippen LogP contribution in [-0.2, 0) is 21.2 Å². The van der Waals surface area contributed by atoms with Crippen molar-refractivity contribution in [1.82, 2.24) is 4.72 Å². The van der Waals surface area contributed by atoms with Crippen molar-refractivity contribution < 1.29 is 13.2 Å². The average Bonchev–Trinajstić information content (AvgIpc) is 2.44. The van der Waals surface area contributed by atoms with Crippen LogP contribution >= 0.6 is 0 Å². The van der Waals surface area contributed by atoms with Gasteiger partial charge in [0.1, 0.15) is 0 Å². The highest BCUT2D eigenvalue weighted by atomic mass is 32.2. The second-order valence-corrected chi connectivity index (χ2v) is 6.51. The molecule has 5 nitrogen and oxygen atoms in total. The summed E-state index contributed by atoms with van der Waals surface area (Å²) in [4.78, 5) is 0.318. The normalized spacial score (nSPS) is 16.5. The van der Waals surface area contributed by atoms with Crippen molar-refractivity contribution in [3.05, 3.63) is 23.8 Å². The monoisotopic (exact) mass is 284 g/mol. The molecule has 1 aliphatic heterocycles. The van der Waals surface area contributed by atoms with Crippen LogP contribution in [0.3, 0.4) is 0 Å². The third-order valence-corrected chi connectivity index (χ3v) is 4.71. The van der Waals surface area contributed by atoms with Gasteiger partial charge in [-0.3, -0.25) is 0 Å². The van der Waals surface area contributed by atoms with Crippen molar-refractivity contribution >= 4 is 15.7 Å². The van der Waals surface area contributed by atoms with Crippen LogP contribution in [0.4, 0.5) is 5.69 Å². The molecule has 0 spiro atoms. The number of ether oxygens (including phenoxy) is 1. The number of hydrogen-bond donors (Lipinski definition) is 2. The van der Waals surface area contributed by atoms with Gasteiger partial charge < -0.3 is 10.1 Å². The first kappa shape index (κ1) is 14.3. The van der Waals surface area contributed by atoms with Crippen LogP contribution in [0.5, 0.6) is 0 Å². The summed E-state index contributed by atoms with van der Waals surface area (Å²) < 4.78 is 31.9. The Morgan fingerprint density at radius 1 is 1.47 bits per heavy atom. The summed E-state index contributed by atoms with van der Waals surface area (Å²) in [6.45, 7) is 3.04. The lowest BCUT2D eigenvalue weighted by Crippen LogP contribution is -2.31. The molecular weight excluding hydrogens is 264 g/mol. The number of aryl methyl sites for hydroxylation is 1. The topological polar surface area (TPSA) is 67.4 Å². The Kier molecular flexibility index (Phi) is 4.44. The van der Waals surface area contributed by atoms with Gasteiger partial charge in [-0.15, -0.1) is 0 Å². The zero-order valence-electron chi connectivity index (χ0n) is 11.3. The van der Waals surface area contributed by atoms with E-state index in [-0.39, 0.29) is 12.6 Å². The van der Waals surface area contributed by atoms with Gasteiger partial charge in [-0.05, 0) is 43.5 Å². The minimum atomic E-state index is -3.46. The quantitative estimate of drug-likeness (QED) is 0.856. The summed E-state index contributed by atoms with van der Waals surface area (Å²) in [5.41, 5.74) is 2.10. The number of anilines is 1. The smallest absolute Gasteiger partial charge is 0.240 e. The summed E-state index contributed by atoms with van der Waals surface area (Å²) in [5.74, 6) is 0. The Bertz CT molecular complexity index is 543. The first-order valence-corrected chi connectivity index (χ1v) is 7.90. The van der Waals surface area contributed by atoms with Crippen molar-refractivity contribution in [3.63, 3.8) is 0 Å². The van der Waals surface area contributed by atoms with Crippen LogP contribution in [-0.4, -0.2) is 34.7 Å². The number of methoxy groups -OCH3 is 1. The summed E-state index contributed by atoms with van der Waals surface area (Å²) in [6, 6.07) is 5.22. The molecule has 0 saturated heterocycles. The molecule has 0 bridgehead atoms. The fourth-order valence-corrected chi connectivity index (χ4v) is 3.18. The van der Waals surface area contributed by atoms with E-state index in [1.807, 2.05) is 13.0 Å². The van der Waals surface area contributed by atoms with Gasteiger partial charge in [0.2, 0.25) is 10.0 Å². The van der Waals surface area contributed by atoms with Crippen LogP contribution in [0.25, 0.3) is 0 Å². The van der Waals surface area contributed by atoms with E-state index in [0.717, 1.165) is 30.6 Å². The van der Waals surface area contributed by atoms with Gasteiger partial charge in [-0.2, -0.15) is 0 Å². The Morgan fingerprint density at radius 2 is 2.26 bits per heavy atom. The zero-order valence-corrected chi connectivity index (χ0v) is 12.1. The van der Waals surface area contributed by atoms with Gasteiger partial charge in [0.05, 0.1) is 11.0 Å². The molecule has 6 heteroatoms. The standard InChI is InChI=1S/C13H20N2O3S/c1-10(18-2)9-15-19(16,17)12-5-6-13-11(8-12)4-3-7-14-13/h5-6,8,10,14-15H,3-4,7,9H2,1-2H3. The van der Waals surface area contributed by atoms with Gasteiger partial charge in [-0.1, -0.05) is 0 Å². The van der Waals surface area contributed by atoms with Crippen LogP contribution in [0.1, 0.15) is 18.9 Å². The van der Waals surface area contributed by atoms with E-state index in [1.54, 1.807) is 19.2 Å². The predicted octanol–water partition coefficient (Wildman–Crippen LogP) is 1.36. The molecule has 0 saturated carbocycles. The van der Waals surface area contributed by atoms with Crippen molar-refractivity contribution in [2.24, 2.45) is 0 Å². The van der Waals surface area contributed by atoms with Gasteiger partial charge >= 0.3 is 0 Å². The van der Waals surface area contributed by atoms with Crippen molar-refractivity contribution in [3.8, 4) is 0 Å². The Labute approximate surface area is 114 Å². The maximum atomic E-state index is 12.2. The highest BCUT2D eigenvalue weighted by Crippen LogP contribution is 2.24. The average molecular weight is 284 g/mol. The maximum absolute atomic E-state index is 12.2. The molecule has 1 aromatic carbocycles. The van der Waals surface area contributed by atoms with E-state index in [0.29, 0.717) is 4.90 Å². The number of hydrogen-bond acceptors (Lipinski definition) is 4. The molecule has 0 aliphatic carbocycles. The molecule has 0 amide bonds. The molecule has 0 radical (unpaired) electrons. The number of rotatable bonds is 5. The minimum absolute atomic E-state index is 0.144. The van der Waals surface area contributed by atoms with Crippen LogP contribution in [0.2, 0.25) is 0 Å². The Morgan fingerprint density at radius 3 is 3.00 bits per heavy atom. The lowest BCUT2D eigenvalue weighted by Gasteiger charge is -2.19. The number of fused-ring (bicyclic) bond motifs is 1. The lowest BCUT2D eigenvalue weighted by molar-refractivity contribution is 0.122. The first-order chi connectivity index (χ1) is 9.03. The molecule has 0 aromatic heterocycles. The van der Waals surface area contributed by atoms with E-state index < -0.39 is 10.0 Å². The van der Waals surface area contributed by atoms with Crippen LogP contribution in [0, 0.1) is 0 Å². The molecule has 0 fully saturated rings. The predicted molar refractivity (Wildman–Crippen MR) is 74.9 cm³/mol. The third kappa shape index (κ3) is 3.46. The second kappa shape index (κ2) is 5.90. The fourth-order valence-electron chi connectivity index (χ4n) is 2.01. The Balaban J connectivity index is 2.16. The molecule has 1 atom stereocenters. The van der Waals surface area contributed by atoms with Crippen LogP contribution < -0.4 is 10.0 Å². The molecule has 19 heavy (non-hydrogen) atoms. The largest absolute Gasteiger partial charge is 0.385 e. The number of benzene rings is 1. The highest BCUT2D eigenvalue weighted by molar-refractivity contribution is 7.89.